The third-order valence-electron chi connectivity index (χ3n) is 3.14. The molecule has 1 aromatic carbocycles. The molecule has 1 fully saturated rings. The Morgan fingerprint density at radius 2 is 2.00 bits per heavy atom. The second kappa shape index (κ2) is 4.11. The summed E-state index contributed by atoms with van der Waals surface area (Å²) < 4.78 is 0. The fourth-order valence-electron chi connectivity index (χ4n) is 2.30. The molecule has 2 N–H and O–H groups in total. The molecule has 76 valence electrons. The van der Waals surface area contributed by atoms with Crippen LogP contribution in [0.3, 0.4) is 0 Å². The van der Waals surface area contributed by atoms with E-state index in [1.807, 2.05) is 0 Å². The molecule has 1 unspecified atom stereocenters. The van der Waals surface area contributed by atoms with Crippen LogP contribution in [0, 0.1) is 5.92 Å². The van der Waals surface area contributed by atoms with Crippen LogP contribution in [0.5, 0.6) is 0 Å². The van der Waals surface area contributed by atoms with Gasteiger partial charge in [-0.05, 0) is 25.1 Å². The highest BCUT2D eigenvalue weighted by Gasteiger charge is 2.30. The molecule has 0 aliphatic carbocycles. The second-order valence-corrected chi connectivity index (χ2v) is 4.23. The fraction of sp³-hybridized carbons (Fsp3) is 0.500. The zero-order chi connectivity index (χ0) is 9.97. The highest BCUT2D eigenvalue weighted by molar-refractivity contribution is 5.21. The Morgan fingerprint density at radius 3 is 2.50 bits per heavy atom. The molecule has 0 spiro atoms. The fourth-order valence-corrected chi connectivity index (χ4v) is 2.30. The van der Waals surface area contributed by atoms with Crippen LogP contribution in [0.2, 0.25) is 0 Å². The predicted molar refractivity (Wildman–Crippen MR) is 59.2 cm³/mol. The Bertz CT molecular complexity index is 278. The molecule has 0 bridgehead atoms. The molecule has 0 aromatic heterocycles. The highest BCUT2D eigenvalue weighted by atomic mass is 15.2. The van der Waals surface area contributed by atoms with Gasteiger partial charge in [0.25, 0.3) is 0 Å². The van der Waals surface area contributed by atoms with Gasteiger partial charge in [0.2, 0.25) is 0 Å². The monoisotopic (exact) mass is 190 g/mol. The quantitative estimate of drug-likeness (QED) is 0.778. The highest BCUT2D eigenvalue weighted by Crippen LogP contribution is 2.29. The Labute approximate surface area is 85.7 Å². The lowest BCUT2D eigenvalue weighted by molar-refractivity contribution is 0.112. The maximum absolute atomic E-state index is 5.84. The van der Waals surface area contributed by atoms with E-state index < -0.39 is 0 Å². The number of hydrogen-bond acceptors (Lipinski definition) is 2. The first kappa shape index (κ1) is 9.69. The van der Waals surface area contributed by atoms with Gasteiger partial charge in [0.1, 0.15) is 0 Å². The van der Waals surface area contributed by atoms with E-state index >= 15 is 0 Å². The first-order valence-electron chi connectivity index (χ1n) is 5.25. The lowest BCUT2D eigenvalue weighted by atomic mass is 9.81. The average molecular weight is 190 g/mol. The van der Waals surface area contributed by atoms with Crippen molar-refractivity contribution in [2.45, 2.75) is 5.92 Å². The number of nitrogens with two attached hydrogens (primary N) is 1. The molecule has 2 nitrogen and oxygen atoms in total. The summed E-state index contributed by atoms with van der Waals surface area (Å²) in [6.07, 6.45) is 0. The van der Waals surface area contributed by atoms with Crippen LogP contribution in [0.4, 0.5) is 0 Å². The normalized spacial score (nSPS) is 20.4. The van der Waals surface area contributed by atoms with Gasteiger partial charge in [-0.3, -0.25) is 0 Å². The summed E-state index contributed by atoms with van der Waals surface area (Å²) >= 11 is 0. The Kier molecular flexibility index (Phi) is 2.85. The summed E-state index contributed by atoms with van der Waals surface area (Å²) in [5, 5.41) is 0. The van der Waals surface area contributed by atoms with Gasteiger partial charge >= 0.3 is 0 Å². The average Bonchev–Trinajstić information content (AvgIpc) is 2.18. The predicted octanol–water partition coefficient (Wildman–Crippen LogP) is 1.29. The SMILES string of the molecule is CN1CC(C(CN)c2ccccc2)C1. The molecule has 0 saturated carbocycles. The van der Waals surface area contributed by atoms with Crippen molar-refractivity contribution in [3.05, 3.63) is 35.9 Å². The van der Waals surface area contributed by atoms with E-state index in [1.165, 1.54) is 18.7 Å². The third kappa shape index (κ3) is 1.81. The smallest absolute Gasteiger partial charge is 0.00253 e. The minimum Gasteiger partial charge on any atom is -0.330 e. The van der Waals surface area contributed by atoms with E-state index in [2.05, 4.69) is 42.3 Å². The lowest BCUT2D eigenvalue weighted by Gasteiger charge is -2.41. The number of hydrogen-bond donors (Lipinski definition) is 1. The van der Waals surface area contributed by atoms with Gasteiger partial charge in [-0.2, -0.15) is 0 Å². The van der Waals surface area contributed by atoms with E-state index in [9.17, 15) is 0 Å². The van der Waals surface area contributed by atoms with Gasteiger partial charge < -0.3 is 10.6 Å². The molecule has 0 radical (unpaired) electrons. The van der Waals surface area contributed by atoms with Crippen molar-refractivity contribution >= 4 is 0 Å². The van der Waals surface area contributed by atoms with Crippen LogP contribution in [-0.4, -0.2) is 31.6 Å². The summed E-state index contributed by atoms with van der Waals surface area (Å²) in [5.41, 5.74) is 7.24. The molecule has 1 saturated heterocycles. The van der Waals surface area contributed by atoms with Crippen LogP contribution in [0.15, 0.2) is 30.3 Å². The molecule has 0 amide bonds. The molecule has 1 aromatic rings. The molecule has 1 atom stereocenters. The van der Waals surface area contributed by atoms with Gasteiger partial charge in [0.15, 0.2) is 0 Å². The van der Waals surface area contributed by atoms with Crippen molar-refractivity contribution < 1.29 is 0 Å². The zero-order valence-corrected chi connectivity index (χ0v) is 8.69. The first-order chi connectivity index (χ1) is 6.81. The van der Waals surface area contributed by atoms with Crippen molar-refractivity contribution in [1.82, 2.24) is 4.90 Å². The number of benzene rings is 1. The van der Waals surface area contributed by atoms with Crippen LogP contribution in [0.25, 0.3) is 0 Å². The van der Waals surface area contributed by atoms with Crippen molar-refractivity contribution in [3.8, 4) is 0 Å². The maximum Gasteiger partial charge on any atom is 0.00253 e. The zero-order valence-electron chi connectivity index (χ0n) is 8.69. The van der Waals surface area contributed by atoms with Crippen LogP contribution >= 0.6 is 0 Å². The number of rotatable bonds is 3. The summed E-state index contributed by atoms with van der Waals surface area (Å²) in [6.45, 7) is 3.15. The van der Waals surface area contributed by atoms with Crippen LogP contribution in [-0.2, 0) is 0 Å². The maximum atomic E-state index is 5.84. The largest absolute Gasteiger partial charge is 0.330 e. The molecule has 1 heterocycles. The molecule has 2 heteroatoms. The van der Waals surface area contributed by atoms with Crippen molar-refractivity contribution in [2.75, 3.05) is 26.7 Å². The topological polar surface area (TPSA) is 29.3 Å². The van der Waals surface area contributed by atoms with Gasteiger partial charge in [-0.25, -0.2) is 0 Å². The van der Waals surface area contributed by atoms with E-state index in [0.29, 0.717) is 5.92 Å². The first-order valence-corrected chi connectivity index (χ1v) is 5.25. The number of nitrogens with zero attached hydrogens (tertiary/aromatic N) is 1. The van der Waals surface area contributed by atoms with E-state index in [0.717, 1.165) is 12.5 Å². The van der Waals surface area contributed by atoms with E-state index in [1.54, 1.807) is 0 Å². The number of likely N-dealkylation sites (tertiary alicyclic amines) is 1. The third-order valence-corrected chi connectivity index (χ3v) is 3.14. The van der Waals surface area contributed by atoms with Gasteiger partial charge in [0.05, 0.1) is 0 Å². The Balaban J connectivity index is 2.07. The van der Waals surface area contributed by atoms with Crippen LogP contribution in [0.1, 0.15) is 11.5 Å². The summed E-state index contributed by atoms with van der Waals surface area (Å²) in [4.78, 5) is 2.34. The Morgan fingerprint density at radius 1 is 1.36 bits per heavy atom. The Hall–Kier alpha value is -0.860. The van der Waals surface area contributed by atoms with Gasteiger partial charge in [-0.1, -0.05) is 30.3 Å². The van der Waals surface area contributed by atoms with E-state index in [4.69, 9.17) is 5.73 Å². The van der Waals surface area contributed by atoms with Crippen molar-refractivity contribution in [2.24, 2.45) is 11.7 Å². The molecule has 2 rings (SSSR count). The summed E-state index contributed by atoms with van der Waals surface area (Å²) in [5.74, 6) is 1.31. The molecule has 1 aliphatic rings. The molecule has 1 aliphatic heterocycles. The van der Waals surface area contributed by atoms with Gasteiger partial charge in [0, 0.05) is 19.0 Å². The van der Waals surface area contributed by atoms with Crippen molar-refractivity contribution in [1.29, 1.82) is 0 Å². The minimum absolute atomic E-state index is 0.549. The van der Waals surface area contributed by atoms with E-state index in [-0.39, 0.29) is 0 Å². The lowest BCUT2D eigenvalue weighted by Crippen LogP contribution is -2.48. The summed E-state index contributed by atoms with van der Waals surface area (Å²) in [7, 11) is 2.16. The van der Waals surface area contributed by atoms with Crippen LogP contribution < -0.4 is 5.73 Å². The molecular weight excluding hydrogens is 172 g/mol. The molecular formula is C12H18N2. The standard InChI is InChI=1S/C12H18N2/c1-14-8-11(9-14)12(7-13)10-5-3-2-4-6-10/h2-6,11-12H,7-9,13H2,1H3. The minimum atomic E-state index is 0.549. The summed E-state index contributed by atoms with van der Waals surface area (Å²) in [6, 6.07) is 10.6. The van der Waals surface area contributed by atoms with Crippen molar-refractivity contribution in [3.63, 3.8) is 0 Å². The second-order valence-electron chi connectivity index (χ2n) is 4.23. The molecule has 14 heavy (non-hydrogen) atoms. The van der Waals surface area contributed by atoms with Gasteiger partial charge in [-0.15, -0.1) is 0 Å².